The normalized spacial score (nSPS) is 12.0. The van der Waals surface area contributed by atoms with Gasteiger partial charge in [0.25, 0.3) is 5.91 Å². The fourth-order valence-corrected chi connectivity index (χ4v) is 4.83. The predicted molar refractivity (Wildman–Crippen MR) is 111 cm³/mol. The number of anilines is 1. The van der Waals surface area contributed by atoms with Crippen molar-refractivity contribution < 1.29 is 4.79 Å². The summed E-state index contributed by atoms with van der Waals surface area (Å²) in [7, 11) is 0. The molecule has 0 bridgehead atoms. The lowest BCUT2D eigenvalue weighted by Crippen LogP contribution is -2.14. The van der Waals surface area contributed by atoms with E-state index in [0.717, 1.165) is 25.4 Å². The van der Waals surface area contributed by atoms with Crippen LogP contribution in [0.1, 0.15) is 41.7 Å². The van der Waals surface area contributed by atoms with Gasteiger partial charge in [0.05, 0.1) is 25.4 Å². The van der Waals surface area contributed by atoms with Gasteiger partial charge in [-0.25, -0.2) is 9.97 Å². The lowest BCUT2D eigenvalue weighted by molar-refractivity contribution is 0.102. The maximum absolute atomic E-state index is 12.6. The fraction of sp³-hybridized carbons (Fsp3) is 0.250. The van der Waals surface area contributed by atoms with Crippen LogP contribution in [0, 0.1) is 6.92 Å². The number of hydrogen-bond acceptors (Lipinski definition) is 5. The van der Waals surface area contributed by atoms with E-state index in [-0.39, 0.29) is 11.3 Å². The Labute approximate surface area is 159 Å². The SMILES string of the molecule is Cc1nc2ccc3nc(NC(=O)c4ccc(C(C)(C)C)cc4)sc3c2s1. The minimum Gasteiger partial charge on any atom is -0.298 e. The maximum Gasteiger partial charge on any atom is 0.257 e. The Bertz CT molecular complexity index is 1120. The number of thiazole rings is 2. The average Bonchev–Trinajstić information content (AvgIpc) is 3.15. The largest absolute Gasteiger partial charge is 0.298 e. The average molecular weight is 382 g/mol. The zero-order valence-electron chi connectivity index (χ0n) is 15.1. The molecule has 1 amide bonds. The van der Waals surface area contributed by atoms with Gasteiger partial charge in [-0.05, 0) is 42.2 Å². The molecule has 0 aliphatic heterocycles. The summed E-state index contributed by atoms with van der Waals surface area (Å²) in [5.41, 5.74) is 3.79. The van der Waals surface area contributed by atoms with Crippen LogP contribution in [0.25, 0.3) is 20.4 Å². The summed E-state index contributed by atoms with van der Waals surface area (Å²) in [5.74, 6) is -0.138. The molecule has 0 unspecified atom stereocenters. The molecule has 0 saturated heterocycles. The smallest absolute Gasteiger partial charge is 0.257 e. The van der Waals surface area contributed by atoms with E-state index in [9.17, 15) is 4.79 Å². The van der Waals surface area contributed by atoms with E-state index in [1.165, 1.54) is 16.9 Å². The molecule has 4 nitrogen and oxygen atoms in total. The molecule has 0 aliphatic rings. The molecule has 4 aromatic rings. The third-order valence-electron chi connectivity index (χ3n) is 4.25. The van der Waals surface area contributed by atoms with Crippen LogP contribution in [0.4, 0.5) is 5.13 Å². The van der Waals surface area contributed by atoms with Crippen molar-refractivity contribution in [1.29, 1.82) is 0 Å². The highest BCUT2D eigenvalue weighted by atomic mass is 32.1. The Balaban J connectivity index is 1.62. The molecule has 26 heavy (non-hydrogen) atoms. The summed E-state index contributed by atoms with van der Waals surface area (Å²) in [4.78, 5) is 21.6. The van der Waals surface area contributed by atoms with Gasteiger partial charge in [-0.15, -0.1) is 11.3 Å². The highest BCUT2D eigenvalue weighted by Crippen LogP contribution is 2.35. The second-order valence-corrected chi connectivity index (χ2v) is 9.50. The Morgan fingerprint density at radius 3 is 2.19 bits per heavy atom. The minimum absolute atomic E-state index is 0.0697. The topological polar surface area (TPSA) is 54.9 Å². The second kappa shape index (κ2) is 6.14. The van der Waals surface area contributed by atoms with E-state index in [1.807, 2.05) is 43.3 Å². The van der Waals surface area contributed by atoms with Gasteiger partial charge in [0.1, 0.15) is 0 Å². The summed E-state index contributed by atoms with van der Waals surface area (Å²) in [6.45, 7) is 8.47. The van der Waals surface area contributed by atoms with Crippen molar-refractivity contribution in [2.24, 2.45) is 0 Å². The van der Waals surface area contributed by atoms with Crippen LogP contribution in [0.2, 0.25) is 0 Å². The molecule has 0 spiro atoms. The Hall–Kier alpha value is -2.31. The highest BCUT2D eigenvalue weighted by Gasteiger charge is 2.16. The van der Waals surface area contributed by atoms with E-state index >= 15 is 0 Å². The first-order chi connectivity index (χ1) is 12.3. The van der Waals surface area contributed by atoms with Crippen molar-refractivity contribution in [2.75, 3.05) is 5.32 Å². The first-order valence-electron chi connectivity index (χ1n) is 8.40. The van der Waals surface area contributed by atoms with Crippen molar-refractivity contribution in [3.8, 4) is 0 Å². The van der Waals surface area contributed by atoms with Gasteiger partial charge in [-0.2, -0.15) is 0 Å². The van der Waals surface area contributed by atoms with Crippen LogP contribution in [-0.2, 0) is 5.41 Å². The number of amides is 1. The van der Waals surface area contributed by atoms with Crippen LogP contribution >= 0.6 is 22.7 Å². The molecule has 132 valence electrons. The zero-order valence-corrected chi connectivity index (χ0v) is 16.7. The van der Waals surface area contributed by atoms with Gasteiger partial charge in [0.2, 0.25) is 0 Å². The standard InChI is InChI=1S/C20H19N3OS2/c1-11-21-14-9-10-15-17(16(14)25-11)26-19(22-15)23-18(24)12-5-7-13(8-6-12)20(2,3)4/h5-10H,1-4H3,(H,22,23,24). The molecule has 6 heteroatoms. The van der Waals surface area contributed by atoms with Gasteiger partial charge >= 0.3 is 0 Å². The van der Waals surface area contributed by atoms with E-state index < -0.39 is 0 Å². The lowest BCUT2D eigenvalue weighted by Gasteiger charge is -2.18. The van der Waals surface area contributed by atoms with E-state index in [4.69, 9.17) is 0 Å². The predicted octanol–water partition coefficient (Wildman–Crippen LogP) is 5.76. The third-order valence-corrected chi connectivity index (χ3v) is 6.39. The van der Waals surface area contributed by atoms with Crippen LogP contribution < -0.4 is 5.32 Å². The first kappa shape index (κ1) is 17.1. The number of carbonyl (C=O) groups is 1. The number of benzene rings is 2. The van der Waals surface area contributed by atoms with Crippen molar-refractivity contribution in [2.45, 2.75) is 33.1 Å². The molecular weight excluding hydrogens is 362 g/mol. The van der Waals surface area contributed by atoms with Crippen LogP contribution in [0.3, 0.4) is 0 Å². The molecule has 0 radical (unpaired) electrons. The van der Waals surface area contributed by atoms with Crippen molar-refractivity contribution >= 4 is 54.1 Å². The van der Waals surface area contributed by atoms with Crippen LogP contribution in [0.5, 0.6) is 0 Å². The molecule has 2 heterocycles. The number of aromatic nitrogens is 2. The van der Waals surface area contributed by atoms with E-state index in [1.54, 1.807) is 11.3 Å². The Kier molecular flexibility index (Phi) is 4.04. The van der Waals surface area contributed by atoms with E-state index in [2.05, 4.69) is 36.1 Å². The van der Waals surface area contributed by atoms with Gasteiger partial charge in [0.15, 0.2) is 5.13 Å². The number of nitrogens with zero attached hydrogens (tertiary/aromatic N) is 2. The molecule has 0 saturated carbocycles. The number of carbonyl (C=O) groups excluding carboxylic acids is 1. The molecule has 2 aromatic carbocycles. The molecule has 1 N–H and O–H groups in total. The number of hydrogen-bond donors (Lipinski definition) is 1. The van der Waals surface area contributed by atoms with Crippen molar-refractivity contribution in [3.05, 3.63) is 52.5 Å². The quantitative estimate of drug-likeness (QED) is 0.480. The minimum atomic E-state index is -0.138. The summed E-state index contributed by atoms with van der Waals surface area (Å²) < 4.78 is 2.21. The lowest BCUT2D eigenvalue weighted by atomic mass is 9.87. The fourth-order valence-electron chi connectivity index (χ4n) is 2.83. The summed E-state index contributed by atoms with van der Waals surface area (Å²) >= 11 is 3.16. The summed E-state index contributed by atoms with van der Waals surface area (Å²) in [6, 6.07) is 11.7. The van der Waals surface area contributed by atoms with Gasteiger partial charge in [0, 0.05) is 5.56 Å². The Morgan fingerprint density at radius 1 is 0.923 bits per heavy atom. The van der Waals surface area contributed by atoms with Gasteiger partial charge in [-0.1, -0.05) is 44.2 Å². The molecular formula is C20H19N3OS2. The maximum atomic E-state index is 12.6. The highest BCUT2D eigenvalue weighted by molar-refractivity contribution is 7.28. The first-order valence-corrected chi connectivity index (χ1v) is 10.0. The van der Waals surface area contributed by atoms with Gasteiger partial charge in [-0.3, -0.25) is 10.1 Å². The molecule has 2 aromatic heterocycles. The summed E-state index contributed by atoms with van der Waals surface area (Å²) in [5, 5.41) is 4.58. The number of nitrogens with one attached hydrogen (secondary N) is 1. The molecule has 0 atom stereocenters. The van der Waals surface area contributed by atoms with Crippen LogP contribution in [0.15, 0.2) is 36.4 Å². The zero-order chi connectivity index (χ0) is 18.5. The number of fused-ring (bicyclic) bond motifs is 3. The number of aryl methyl sites for hydroxylation is 1. The Morgan fingerprint density at radius 2 is 1.54 bits per heavy atom. The van der Waals surface area contributed by atoms with E-state index in [0.29, 0.717) is 10.7 Å². The van der Waals surface area contributed by atoms with Crippen LogP contribution in [-0.4, -0.2) is 15.9 Å². The number of rotatable bonds is 2. The molecule has 0 aliphatic carbocycles. The molecule has 0 fully saturated rings. The van der Waals surface area contributed by atoms with Gasteiger partial charge < -0.3 is 0 Å². The monoisotopic (exact) mass is 381 g/mol. The molecule has 4 rings (SSSR count). The van der Waals surface area contributed by atoms with Crippen molar-refractivity contribution in [3.63, 3.8) is 0 Å². The second-order valence-electron chi connectivity index (χ2n) is 7.30. The third kappa shape index (κ3) is 3.10. The summed E-state index contributed by atoms with van der Waals surface area (Å²) in [6.07, 6.45) is 0. The van der Waals surface area contributed by atoms with Crippen molar-refractivity contribution in [1.82, 2.24) is 9.97 Å².